The lowest BCUT2D eigenvalue weighted by atomic mass is 10.1. The van der Waals surface area contributed by atoms with E-state index in [4.69, 9.17) is 5.73 Å². The number of aryl methyl sites for hydroxylation is 1. The van der Waals surface area contributed by atoms with Crippen LogP contribution in [0, 0.1) is 0 Å². The molecule has 2 N–H and O–H groups in total. The molecule has 0 aliphatic heterocycles. The summed E-state index contributed by atoms with van der Waals surface area (Å²) in [6.07, 6.45) is 3.57. The van der Waals surface area contributed by atoms with E-state index < -0.39 is 0 Å². The zero-order valence-corrected chi connectivity index (χ0v) is 11.0. The third-order valence-corrected chi connectivity index (χ3v) is 2.82. The summed E-state index contributed by atoms with van der Waals surface area (Å²) in [6.45, 7) is 5.06. The molecule has 0 fully saturated rings. The van der Waals surface area contributed by atoms with Crippen LogP contribution in [-0.2, 0) is 13.0 Å². The number of hydrogen-bond acceptors (Lipinski definition) is 3. The van der Waals surface area contributed by atoms with E-state index in [9.17, 15) is 0 Å². The zero-order valence-electron chi connectivity index (χ0n) is 11.0. The molecular weight excluding hydrogens is 224 g/mol. The molecule has 0 spiro atoms. The Labute approximate surface area is 108 Å². The molecule has 4 heteroatoms. The van der Waals surface area contributed by atoms with Crippen molar-refractivity contribution in [3.8, 4) is 11.4 Å². The topological polar surface area (TPSA) is 56.7 Å². The van der Waals surface area contributed by atoms with Crippen molar-refractivity contribution in [2.75, 3.05) is 0 Å². The highest BCUT2D eigenvalue weighted by molar-refractivity contribution is 5.55. The number of rotatable bonds is 5. The fourth-order valence-corrected chi connectivity index (χ4v) is 2.02. The van der Waals surface area contributed by atoms with Gasteiger partial charge in [0.2, 0.25) is 0 Å². The minimum Gasteiger partial charge on any atom is -0.328 e. The van der Waals surface area contributed by atoms with E-state index in [1.807, 2.05) is 11.6 Å². The molecule has 1 aromatic heterocycles. The maximum atomic E-state index is 5.79. The van der Waals surface area contributed by atoms with Crippen LogP contribution in [0.25, 0.3) is 11.4 Å². The van der Waals surface area contributed by atoms with Gasteiger partial charge >= 0.3 is 0 Å². The van der Waals surface area contributed by atoms with Crippen LogP contribution in [0.15, 0.2) is 30.6 Å². The summed E-state index contributed by atoms with van der Waals surface area (Å²) in [4.78, 5) is 4.32. The molecule has 0 bridgehead atoms. The smallest absolute Gasteiger partial charge is 0.158 e. The second-order valence-electron chi connectivity index (χ2n) is 4.69. The molecule has 0 radical (unpaired) electrons. The van der Waals surface area contributed by atoms with E-state index in [0.717, 1.165) is 30.8 Å². The SMILES string of the molecule is CCCn1ncnc1-c1ccc(CC(C)N)cc1. The average molecular weight is 244 g/mol. The summed E-state index contributed by atoms with van der Waals surface area (Å²) in [5.74, 6) is 0.934. The Morgan fingerprint density at radius 3 is 2.61 bits per heavy atom. The van der Waals surface area contributed by atoms with Crippen molar-refractivity contribution in [3.63, 3.8) is 0 Å². The Morgan fingerprint density at radius 1 is 1.28 bits per heavy atom. The maximum Gasteiger partial charge on any atom is 0.158 e. The van der Waals surface area contributed by atoms with E-state index in [1.165, 1.54) is 5.56 Å². The first kappa shape index (κ1) is 12.8. The fourth-order valence-electron chi connectivity index (χ4n) is 2.02. The third kappa shape index (κ3) is 2.96. The first-order chi connectivity index (χ1) is 8.70. The Morgan fingerprint density at radius 2 is 2.00 bits per heavy atom. The van der Waals surface area contributed by atoms with Crippen LogP contribution >= 0.6 is 0 Å². The molecular formula is C14H20N4. The summed E-state index contributed by atoms with van der Waals surface area (Å²) >= 11 is 0. The van der Waals surface area contributed by atoms with E-state index in [0.29, 0.717) is 0 Å². The van der Waals surface area contributed by atoms with E-state index in [1.54, 1.807) is 6.33 Å². The Hall–Kier alpha value is -1.68. The normalized spacial score (nSPS) is 12.6. The van der Waals surface area contributed by atoms with E-state index >= 15 is 0 Å². The second kappa shape index (κ2) is 5.78. The predicted octanol–water partition coefficient (Wildman–Crippen LogP) is 2.24. The highest BCUT2D eigenvalue weighted by atomic mass is 15.3. The summed E-state index contributed by atoms with van der Waals surface area (Å²) in [6, 6.07) is 8.61. The molecule has 0 saturated heterocycles. The molecule has 1 unspecified atom stereocenters. The number of hydrogen-bond donors (Lipinski definition) is 1. The third-order valence-electron chi connectivity index (χ3n) is 2.82. The van der Waals surface area contributed by atoms with Gasteiger partial charge in [-0.05, 0) is 25.3 Å². The molecule has 1 heterocycles. The lowest BCUT2D eigenvalue weighted by Crippen LogP contribution is -2.17. The van der Waals surface area contributed by atoms with Gasteiger partial charge in [-0.15, -0.1) is 0 Å². The van der Waals surface area contributed by atoms with Gasteiger partial charge in [-0.25, -0.2) is 9.67 Å². The minimum absolute atomic E-state index is 0.194. The van der Waals surface area contributed by atoms with Gasteiger partial charge in [0.1, 0.15) is 6.33 Å². The molecule has 0 saturated carbocycles. The number of nitrogens with two attached hydrogens (primary N) is 1. The molecule has 0 aliphatic rings. The van der Waals surface area contributed by atoms with Crippen LogP contribution in [0.2, 0.25) is 0 Å². The van der Waals surface area contributed by atoms with Crippen LogP contribution in [0.1, 0.15) is 25.8 Å². The van der Waals surface area contributed by atoms with Gasteiger partial charge in [-0.2, -0.15) is 5.10 Å². The first-order valence-corrected chi connectivity index (χ1v) is 6.43. The van der Waals surface area contributed by atoms with Gasteiger partial charge < -0.3 is 5.73 Å². The van der Waals surface area contributed by atoms with E-state index in [2.05, 4.69) is 41.3 Å². The van der Waals surface area contributed by atoms with Gasteiger partial charge in [-0.1, -0.05) is 31.2 Å². The minimum atomic E-state index is 0.194. The largest absolute Gasteiger partial charge is 0.328 e. The van der Waals surface area contributed by atoms with Crippen molar-refractivity contribution in [2.45, 2.75) is 39.3 Å². The monoisotopic (exact) mass is 244 g/mol. The lowest BCUT2D eigenvalue weighted by molar-refractivity contribution is 0.608. The van der Waals surface area contributed by atoms with Crippen molar-refractivity contribution in [1.82, 2.24) is 14.8 Å². The van der Waals surface area contributed by atoms with Crippen molar-refractivity contribution in [1.29, 1.82) is 0 Å². The molecule has 2 rings (SSSR count). The molecule has 0 aliphatic carbocycles. The van der Waals surface area contributed by atoms with E-state index in [-0.39, 0.29) is 6.04 Å². The summed E-state index contributed by atoms with van der Waals surface area (Å²) < 4.78 is 1.95. The van der Waals surface area contributed by atoms with Crippen LogP contribution in [-0.4, -0.2) is 20.8 Å². The number of aromatic nitrogens is 3. The van der Waals surface area contributed by atoms with Gasteiger partial charge in [0.15, 0.2) is 5.82 Å². The lowest BCUT2D eigenvalue weighted by Gasteiger charge is -2.07. The summed E-state index contributed by atoms with van der Waals surface area (Å²) in [5, 5.41) is 4.24. The molecule has 18 heavy (non-hydrogen) atoms. The standard InChI is InChI=1S/C14H20N4/c1-3-8-18-14(16-10-17-18)13-6-4-12(5-7-13)9-11(2)15/h4-7,10-11H,3,8-9,15H2,1-2H3. The van der Waals surface area contributed by atoms with Crippen molar-refractivity contribution < 1.29 is 0 Å². The molecule has 0 amide bonds. The Bertz CT molecular complexity index is 485. The fraction of sp³-hybridized carbons (Fsp3) is 0.429. The quantitative estimate of drug-likeness (QED) is 0.877. The first-order valence-electron chi connectivity index (χ1n) is 6.43. The molecule has 2 aromatic rings. The van der Waals surface area contributed by atoms with Crippen LogP contribution < -0.4 is 5.73 Å². The highest BCUT2D eigenvalue weighted by Crippen LogP contribution is 2.17. The average Bonchev–Trinajstić information content (AvgIpc) is 2.78. The molecule has 4 nitrogen and oxygen atoms in total. The van der Waals surface area contributed by atoms with Crippen molar-refractivity contribution in [2.24, 2.45) is 5.73 Å². The summed E-state index contributed by atoms with van der Waals surface area (Å²) in [7, 11) is 0. The van der Waals surface area contributed by atoms with Crippen molar-refractivity contribution >= 4 is 0 Å². The van der Waals surface area contributed by atoms with Gasteiger partial charge in [0.25, 0.3) is 0 Å². The molecule has 1 aromatic carbocycles. The Balaban J connectivity index is 2.20. The second-order valence-corrected chi connectivity index (χ2v) is 4.69. The van der Waals surface area contributed by atoms with Crippen LogP contribution in [0.5, 0.6) is 0 Å². The van der Waals surface area contributed by atoms with Gasteiger partial charge in [0, 0.05) is 18.2 Å². The number of nitrogens with zero attached hydrogens (tertiary/aromatic N) is 3. The summed E-state index contributed by atoms with van der Waals surface area (Å²) in [5.41, 5.74) is 8.16. The zero-order chi connectivity index (χ0) is 13.0. The molecule has 1 atom stereocenters. The van der Waals surface area contributed by atoms with Crippen LogP contribution in [0.4, 0.5) is 0 Å². The van der Waals surface area contributed by atoms with Gasteiger partial charge in [0.05, 0.1) is 0 Å². The number of benzene rings is 1. The maximum absolute atomic E-state index is 5.79. The van der Waals surface area contributed by atoms with Crippen molar-refractivity contribution in [3.05, 3.63) is 36.2 Å². The van der Waals surface area contributed by atoms with Gasteiger partial charge in [-0.3, -0.25) is 0 Å². The molecule has 96 valence electrons. The predicted molar refractivity (Wildman–Crippen MR) is 73.1 cm³/mol. The highest BCUT2D eigenvalue weighted by Gasteiger charge is 2.06. The Kier molecular flexibility index (Phi) is 4.10. The van der Waals surface area contributed by atoms with Crippen LogP contribution in [0.3, 0.4) is 0 Å².